The van der Waals surface area contributed by atoms with E-state index in [4.69, 9.17) is 23.3 Å². The van der Waals surface area contributed by atoms with Gasteiger partial charge in [-0.15, -0.1) is 0 Å². The summed E-state index contributed by atoms with van der Waals surface area (Å²) >= 11 is 0. The molecular formula is C68H113O11P. The van der Waals surface area contributed by atoms with Crippen molar-refractivity contribution in [3.05, 3.63) is 122 Å². The molecule has 0 radical (unpaired) electrons. The number of ether oxygens (including phenoxy) is 3. The van der Waals surface area contributed by atoms with E-state index in [1.807, 2.05) is 0 Å². The first-order valence-electron chi connectivity index (χ1n) is 31.4. The van der Waals surface area contributed by atoms with Crippen molar-refractivity contribution in [2.45, 2.75) is 264 Å². The molecule has 0 rings (SSSR count). The van der Waals surface area contributed by atoms with Crippen LogP contribution in [0.5, 0.6) is 0 Å². The van der Waals surface area contributed by atoms with Crippen LogP contribution in [0.3, 0.4) is 0 Å². The van der Waals surface area contributed by atoms with Crippen LogP contribution in [0, 0.1) is 0 Å². The number of allylic oxidation sites excluding steroid dienone is 20. The molecule has 0 bridgehead atoms. The average Bonchev–Trinajstić information content (AvgIpc) is 3.45. The third-order valence-corrected chi connectivity index (χ3v) is 13.8. The monoisotopic (exact) mass is 1140 g/mol. The maximum atomic E-state index is 13.0. The van der Waals surface area contributed by atoms with Gasteiger partial charge >= 0.3 is 25.7 Å². The Morgan fingerprint density at radius 2 is 0.650 bits per heavy atom. The molecule has 0 saturated heterocycles. The molecular weight excluding hydrogens is 1020 g/mol. The Balaban J connectivity index is 4.79. The lowest BCUT2D eigenvalue weighted by atomic mass is 10.1. The summed E-state index contributed by atoms with van der Waals surface area (Å²) in [4.78, 5) is 48.7. The van der Waals surface area contributed by atoms with E-state index in [1.165, 1.54) is 25.7 Å². The lowest BCUT2D eigenvalue weighted by Gasteiger charge is -2.21. The summed E-state index contributed by atoms with van der Waals surface area (Å²) in [6, 6.07) is 0. The summed E-state index contributed by atoms with van der Waals surface area (Å²) in [7, 11) is -4.77. The van der Waals surface area contributed by atoms with E-state index in [0.29, 0.717) is 19.3 Å². The molecule has 0 aromatic carbocycles. The van der Waals surface area contributed by atoms with Gasteiger partial charge in [0.05, 0.1) is 19.8 Å². The first kappa shape index (κ1) is 75.9. The lowest BCUT2D eigenvalue weighted by molar-refractivity contribution is -0.161. The highest BCUT2D eigenvalue weighted by Gasteiger charge is 2.28. The lowest BCUT2D eigenvalue weighted by Crippen LogP contribution is -2.30. The molecule has 11 nitrogen and oxygen atoms in total. The number of hydrogen-bond acceptors (Lipinski definition) is 10. The van der Waals surface area contributed by atoms with Crippen LogP contribution in [0.1, 0.15) is 252 Å². The predicted octanol–water partition coefficient (Wildman–Crippen LogP) is 19.1. The van der Waals surface area contributed by atoms with Crippen LogP contribution in [0.4, 0.5) is 0 Å². The Hall–Kier alpha value is -4.12. The highest BCUT2D eigenvalue weighted by atomic mass is 31.2. The van der Waals surface area contributed by atoms with Crippen LogP contribution < -0.4 is 0 Å². The zero-order valence-electron chi connectivity index (χ0n) is 50.5. The highest BCUT2D eigenvalue weighted by Crippen LogP contribution is 2.43. The number of phosphoric acid groups is 1. The number of aliphatic hydroxyl groups excluding tert-OH is 1. The molecule has 0 spiro atoms. The Labute approximate surface area is 487 Å². The maximum absolute atomic E-state index is 13.0. The SMILES string of the molecule is CC/C=C\C/C=C\C/C=C\C/C=C\CCCCCCCCC(=O)OC(COC(=O)CCCCCCCC/C=C\C/C=C\C/C=C\CCCCC)COP(=O)(O)OCC(CO)OC(=O)CCCCCCC/C=C\C/C=C\C/C=C\CC. The Morgan fingerprint density at radius 3 is 1.00 bits per heavy atom. The summed E-state index contributed by atoms with van der Waals surface area (Å²) in [5.41, 5.74) is 0. The molecule has 0 fully saturated rings. The van der Waals surface area contributed by atoms with Gasteiger partial charge in [-0.25, -0.2) is 4.57 Å². The number of rotatable bonds is 57. The van der Waals surface area contributed by atoms with Crippen molar-refractivity contribution in [3.63, 3.8) is 0 Å². The van der Waals surface area contributed by atoms with Crippen molar-refractivity contribution >= 4 is 25.7 Å². The minimum absolute atomic E-state index is 0.141. The summed E-state index contributed by atoms with van der Waals surface area (Å²) in [5.74, 6) is -1.52. The topological polar surface area (TPSA) is 155 Å². The Kier molecular flexibility index (Phi) is 57.8. The van der Waals surface area contributed by atoms with Gasteiger partial charge in [-0.05, 0) is 128 Å². The molecule has 0 aliphatic rings. The van der Waals surface area contributed by atoms with Gasteiger partial charge < -0.3 is 24.2 Å². The van der Waals surface area contributed by atoms with Crippen LogP contribution in [0.2, 0.25) is 0 Å². The number of aliphatic hydroxyl groups is 1. The number of hydrogen-bond donors (Lipinski definition) is 2. The number of carbonyl (C=O) groups is 3. The molecule has 456 valence electrons. The fourth-order valence-electron chi connectivity index (χ4n) is 8.13. The van der Waals surface area contributed by atoms with Crippen molar-refractivity contribution in [2.75, 3.05) is 26.4 Å². The van der Waals surface area contributed by atoms with Gasteiger partial charge in [0, 0.05) is 19.3 Å². The molecule has 80 heavy (non-hydrogen) atoms. The smallest absolute Gasteiger partial charge is 0.462 e. The van der Waals surface area contributed by atoms with Gasteiger partial charge in [-0.1, -0.05) is 226 Å². The summed E-state index contributed by atoms with van der Waals surface area (Å²) in [6.45, 7) is 4.35. The Morgan fingerprint density at radius 1 is 0.362 bits per heavy atom. The minimum Gasteiger partial charge on any atom is -0.462 e. The first-order chi connectivity index (χ1) is 39.2. The molecule has 3 unspecified atom stereocenters. The van der Waals surface area contributed by atoms with Crippen LogP contribution >= 0.6 is 7.82 Å². The van der Waals surface area contributed by atoms with Crippen molar-refractivity contribution in [2.24, 2.45) is 0 Å². The Bertz CT molecular complexity index is 1800. The van der Waals surface area contributed by atoms with Crippen LogP contribution in [0.25, 0.3) is 0 Å². The molecule has 2 N–H and O–H groups in total. The van der Waals surface area contributed by atoms with E-state index in [-0.39, 0.29) is 25.9 Å². The van der Waals surface area contributed by atoms with Crippen molar-refractivity contribution < 1.29 is 52.2 Å². The molecule has 12 heteroatoms. The summed E-state index contributed by atoms with van der Waals surface area (Å²) in [5, 5.41) is 9.84. The van der Waals surface area contributed by atoms with Gasteiger partial charge in [0.2, 0.25) is 0 Å². The average molecular weight is 1140 g/mol. The number of phosphoric ester groups is 1. The van der Waals surface area contributed by atoms with Gasteiger partial charge in [-0.3, -0.25) is 23.4 Å². The number of unbranched alkanes of at least 4 members (excludes halogenated alkanes) is 20. The summed E-state index contributed by atoms with van der Waals surface area (Å²) < 4.78 is 39.6. The molecule has 0 aliphatic heterocycles. The zero-order chi connectivity index (χ0) is 58.3. The minimum atomic E-state index is -4.77. The van der Waals surface area contributed by atoms with E-state index in [9.17, 15) is 28.9 Å². The molecule has 0 heterocycles. The quantitative estimate of drug-likeness (QED) is 0.0197. The fraction of sp³-hybridized carbons (Fsp3) is 0.662. The molecule has 3 atom stereocenters. The fourth-order valence-corrected chi connectivity index (χ4v) is 8.92. The number of esters is 3. The number of carbonyl (C=O) groups excluding carboxylic acids is 3. The second-order valence-corrected chi connectivity index (χ2v) is 21.9. The van der Waals surface area contributed by atoms with E-state index >= 15 is 0 Å². The summed E-state index contributed by atoms with van der Waals surface area (Å²) in [6.07, 6.45) is 75.7. The highest BCUT2D eigenvalue weighted by molar-refractivity contribution is 7.47. The van der Waals surface area contributed by atoms with Crippen LogP contribution in [0.15, 0.2) is 122 Å². The van der Waals surface area contributed by atoms with E-state index in [2.05, 4.69) is 142 Å². The van der Waals surface area contributed by atoms with Gasteiger partial charge in [-0.2, -0.15) is 0 Å². The molecule has 0 amide bonds. The molecule has 0 aromatic rings. The molecule has 0 aliphatic carbocycles. The van der Waals surface area contributed by atoms with Crippen molar-refractivity contribution in [1.82, 2.24) is 0 Å². The van der Waals surface area contributed by atoms with Crippen LogP contribution in [-0.2, 0) is 42.2 Å². The second kappa shape index (κ2) is 61.0. The zero-order valence-corrected chi connectivity index (χ0v) is 51.4. The molecule has 0 saturated carbocycles. The first-order valence-corrected chi connectivity index (χ1v) is 32.9. The molecule has 0 aromatic heterocycles. The van der Waals surface area contributed by atoms with Gasteiger partial charge in [0.1, 0.15) is 12.7 Å². The third-order valence-electron chi connectivity index (χ3n) is 12.8. The predicted molar refractivity (Wildman–Crippen MR) is 334 cm³/mol. The van der Waals surface area contributed by atoms with Gasteiger partial charge in [0.15, 0.2) is 6.10 Å². The largest absolute Gasteiger partial charge is 0.472 e. The van der Waals surface area contributed by atoms with Gasteiger partial charge in [0.25, 0.3) is 0 Å². The normalized spacial score (nSPS) is 14.1. The maximum Gasteiger partial charge on any atom is 0.472 e. The third kappa shape index (κ3) is 58.5. The van der Waals surface area contributed by atoms with E-state index < -0.39 is 57.8 Å². The standard InChI is InChI=1S/C68H113O11P/c1-4-7-10-13-16-19-22-25-28-30-32-34-37-39-42-45-48-51-54-57-66(70)75-61-65(79-68(72)59-56-53-50-47-44-41-38-35-33-31-29-26-23-20-17-14-11-8-5-2)63-77-80(73,74)76-62-64(60-69)78-67(71)58-55-52-49-46-43-40-36-27-24-21-18-15-12-9-6-3/h8-9,11-12,16-21,25-29,32-36,64-65,69H,4-7,10,13-15,22-24,30-31,37-63H2,1-3H3,(H,73,74)/b11-8-,12-9-,19-16-,20-17-,21-18-,28-25-,29-26-,34-32-,35-33-,36-27-. The second-order valence-electron chi connectivity index (χ2n) is 20.5. The van der Waals surface area contributed by atoms with Crippen molar-refractivity contribution in [3.8, 4) is 0 Å². The van der Waals surface area contributed by atoms with E-state index in [0.717, 1.165) is 167 Å². The van der Waals surface area contributed by atoms with Crippen LogP contribution in [-0.4, -0.2) is 66.5 Å². The van der Waals surface area contributed by atoms with Crippen molar-refractivity contribution in [1.29, 1.82) is 0 Å². The van der Waals surface area contributed by atoms with E-state index in [1.54, 1.807) is 0 Å².